The summed E-state index contributed by atoms with van der Waals surface area (Å²) in [5, 5.41) is 0. The smallest absolute Gasteiger partial charge is 0.223 e. The van der Waals surface area contributed by atoms with Crippen molar-refractivity contribution in [3.63, 3.8) is 0 Å². The molecule has 4 heteroatoms. The highest BCUT2D eigenvalue weighted by Crippen LogP contribution is 2.45. The molecule has 0 aliphatic heterocycles. The predicted octanol–water partition coefficient (Wildman–Crippen LogP) is 2.62. The van der Waals surface area contributed by atoms with Gasteiger partial charge < -0.3 is 5.73 Å². The van der Waals surface area contributed by atoms with E-state index in [-0.39, 0.29) is 0 Å². The number of nitrogens with zero attached hydrogens (tertiary/aromatic N) is 3. The Morgan fingerprint density at radius 3 is 2.29 bits per heavy atom. The monoisotopic (exact) mass is 232 g/mol. The van der Waals surface area contributed by atoms with Gasteiger partial charge in [0.1, 0.15) is 11.6 Å². The molecule has 2 fully saturated rings. The number of nitrogen functional groups attached to an aromatic ring is 1. The van der Waals surface area contributed by atoms with Crippen LogP contribution in [0.3, 0.4) is 0 Å². The summed E-state index contributed by atoms with van der Waals surface area (Å²) in [4.78, 5) is 13.3. The van der Waals surface area contributed by atoms with Crippen LogP contribution >= 0.6 is 0 Å². The Morgan fingerprint density at radius 2 is 1.65 bits per heavy atom. The molecule has 0 bridgehead atoms. The van der Waals surface area contributed by atoms with E-state index in [2.05, 4.69) is 21.9 Å². The van der Waals surface area contributed by atoms with Gasteiger partial charge in [0, 0.05) is 11.8 Å². The number of rotatable bonds is 2. The number of aromatic nitrogens is 3. The zero-order chi connectivity index (χ0) is 11.8. The van der Waals surface area contributed by atoms with Crippen LogP contribution in [0.2, 0.25) is 0 Å². The first-order chi connectivity index (χ1) is 8.24. The quantitative estimate of drug-likeness (QED) is 0.851. The van der Waals surface area contributed by atoms with Crippen LogP contribution in [0.1, 0.15) is 68.9 Å². The Morgan fingerprint density at radius 1 is 1.00 bits per heavy atom. The third-order valence-corrected chi connectivity index (χ3v) is 4.10. The van der Waals surface area contributed by atoms with Gasteiger partial charge in [-0.15, -0.1) is 0 Å². The van der Waals surface area contributed by atoms with Crippen LogP contribution in [0.25, 0.3) is 0 Å². The number of hydrogen-bond acceptors (Lipinski definition) is 4. The van der Waals surface area contributed by atoms with Crippen LogP contribution in [0.5, 0.6) is 0 Å². The van der Waals surface area contributed by atoms with E-state index in [1.54, 1.807) is 0 Å². The highest BCUT2D eigenvalue weighted by molar-refractivity contribution is 5.22. The van der Waals surface area contributed by atoms with Crippen molar-refractivity contribution >= 4 is 5.95 Å². The summed E-state index contributed by atoms with van der Waals surface area (Å²) >= 11 is 0. The standard InChI is InChI=1S/C13H20N4/c1-8-7-10(8)12-15-11(16-13(14)17-12)9-5-3-2-4-6-9/h8-10H,2-7H2,1H3,(H2,14,15,16,17). The van der Waals surface area contributed by atoms with Gasteiger partial charge in [-0.05, 0) is 25.2 Å². The lowest BCUT2D eigenvalue weighted by Gasteiger charge is -2.20. The first kappa shape index (κ1) is 10.9. The number of hydrogen-bond donors (Lipinski definition) is 1. The Bertz CT molecular complexity index is 412. The Kier molecular flexibility index (Phi) is 2.73. The minimum Gasteiger partial charge on any atom is -0.368 e. The lowest BCUT2D eigenvalue weighted by molar-refractivity contribution is 0.426. The van der Waals surface area contributed by atoms with Crippen LogP contribution in [0, 0.1) is 5.92 Å². The number of anilines is 1. The zero-order valence-electron chi connectivity index (χ0n) is 10.4. The third kappa shape index (κ3) is 2.26. The molecule has 2 unspecified atom stereocenters. The molecule has 1 heterocycles. The topological polar surface area (TPSA) is 64.7 Å². The lowest BCUT2D eigenvalue weighted by atomic mass is 9.89. The van der Waals surface area contributed by atoms with Crippen LogP contribution < -0.4 is 5.73 Å². The molecule has 0 radical (unpaired) electrons. The highest BCUT2D eigenvalue weighted by Gasteiger charge is 2.37. The van der Waals surface area contributed by atoms with Crippen molar-refractivity contribution in [1.29, 1.82) is 0 Å². The van der Waals surface area contributed by atoms with Crippen LogP contribution in [-0.4, -0.2) is 15.0 Å². The molecule has 0 spiro atoms. The molecule has 2 saturated carbocycles. The van der Waals surface area contributed by atoms with E-state index >= 15 is 0 Å². The molecular formula is C13H20N4. The van der Waals surface area contributed by atoms with Crippen molar-refractivity contribution in [2.75, 3.05) is 5.73 Å². The predicted molar refractivity (Wildman–Crippen MR) is 66.6 cm³/mol. The molecule has 92 valence electrons. The van der Waals surface area contributed by atoms with Gasteiger partial charge in [0.05, 0.1) is 0 Å². The van der Waals surface area contributed by atoms with Gasteiger partial charge in [0.2, 0.25) is 5.95 Å². The maximum atomic E-state index is 5.81. The molecule has 0 amide bonds. The Labute approximate surface area is 102 Å². The van der Waals surface area contributed by atoms with Crippen molar-refractivity contribution in [2.45, 2.75) is 57.3 Å². The molecule has 2 N–H and O–H groups in total. The summed E-state index contributed by atoms with van der Waals surface area (Å²) in [6.07, 6.45) is 7.57. The summed E-state index contributed by atoms with van der Waals surface area (Å²) in [5.41, 5.74) is 5.81. The molecule has 2 atom stereocenters. The first-order valence-corrected chi connectivity index (χ1v) is 6.75. The number of nitrogens with two attached hydrogens (primary N) is 1. The highest BCUT2D eigenvalue weighted by atomic mass is 15.1. The lowest BCUT2D eigenvalue weighted by Crippen LogP contribution is -2.13. The molecule has 2 aliphatic rings. The normalized spacial score (nSPS) is 29.2. The summed E-state index contributed by atoms with van der Waals surface area (Å²) in [5.74, 6) is 4.06. The first-order valence-electron chi connectivity index (χ1n) is 6.75. The third-order valence-electron chi connectivity index (χ3n) is 4.10. The molecule has 4 nitrogen and oxygen atoms in total. The van der Waals surface area contributed by atoms with E-state index in [4.69, 9.17) is 5.73 Å². The second kappa shape index (κ2) is 4.24. The maximum absolute atomic E-state index is 5.81. The van der Waals surface area contributed by atoms with Crippen molar-refractivity contribution < 1.29 is 0 Å². The summed E-state index contributed by atoms with van der Waals surface area (Å²) in [6.45, 7) is 2.24. The zero-order valence-corrected chi connectivity index (χ0v) is 10.4. The van der Waals surface area contributed by atoms with E-state index in [0.29, 0.717) is 17.8 Å². The SMILES string of the molecule is CC1CC1c1nc(N)nc(C2CCCCC2)n1. The summed E-state index contributed by atoms with van der Waals surface area (Å²) in [7, 11) is 0. The van der Waals surface area contributed by atoms with Gasteiger partial charge in [-0.1, -0.05) is 26.2 Å². The van der Waals surface area contributed by atoms with Crippen molar-refractivity contribution in [2.24, 2.45) is 5.92 Å². The fraction of sp³-hybridized carbons (Fsp3) is 0.769. The molecule has 0 aromatic carbocycles. The molecule has 1 aromatic rings. The average Bonchev–Trinajstić information content (AvgIpc) is 3.07. The van der Waals surface area contributed by atoms with Crippen LogP contribution in [0.4, 0.5) is 5.95 Å². The van der Waals surface area contributed by atoms with Crippen molar-refractivity contribution in [1.82, 2.24) is 15.0 Å². The van der Waals surface area contributed by atoms with E-state index in [9.17, 15) is 0 Å². The van der Waals surface area contributed by atoms with E-state index in [1.165, 1.54) is 38.5 Å². The van der Waals surface area contributed by atoms with Crippen LogP contribution in [-0.2, 0) is 0 Å². The van der Waals surface area contributed by atoms with Gasteiger partial charge in [-0.2, -0.15) is 9.97 Å². The molecule has 1 aromatic heterocycles. The second-order valence-corrected chi connectivity index (χ2v) is 5.56. The van der Waals surface area contributed by atoms with Gasteiger partial charge in [0.15, 0.2) is 0 Å². The van der Waals surface area contributed by atoms with Gasteiger partial charge in [-0.3, -0.25) is 0 Å². The van der Waals surface area contributed by atoms with Crippen molar-refractivity contribution in [3.8, 4) is 0 Å². The average molecular weight is 232 g/mol. The van der Waals surface area contributed by atoms with E-state index in [1.807, 2.05) is 0 Å². The summed E-state index contributed by atoms with van der Waals surface area (Å²) < 4.78 is 0. The molecule has 3 rings (SSSR count). The van der Waals surface area contributed by atoms with Gasteiger partial charge in [0.25, 0.3) is 0 Å². The van der Waals surface area contributed by atoms with Crippen LogP contribution in [0.15, 0.2) is 0 Å². The fourth-order valence-electron chi connectivity index (χ4n) is 2.82. The largest absolute Gasteiger partial charge is 0.368 e. The van der Waals surface area contributed by atoms with Gasteiger partial charge >= 0.3 is 0 Å². The minimum atomic E-state index is 0.412. The van der Waals surface area contributed by atoms with Crippen molar-refractivity contribution in [3.05, 3.63) is 11.6 Å². The maximum Gasteiger partial charge on any atom is 0.223 e. The Hall–Kier alpha value is -1.19. The molecule has 2 aliphatic carbocycles. The Balaban J connectivity index is 1.85. The molecule has 17 heavy (non-hydrogen) atoms. The molecular weight excluding hydrogens is 212 g/mol. The minimum absolute atomic E-state index is 0.412. The van der Waals surface area contributed by atoms with E-state index in [0.717, 1.165) is 17.6 Å². The summed E-state index contributed by atoms with van der Waals surface area (Å²) in [6, 6.07) is 0. The van der Waals surface area contributed by atoms with E-state index < -0.39 is 0 Å². The second-order valence-electron chi connectivity index (χ2n) is 5.56. The fourth-order valence-corrected chi connectivity index (χ4v) is 2.82. The van der Waals surface area contributed by atoms with Gasteiger partial charge in [-0.25, -0.2) is 4.98 Å². The molecule has 0 saturated heterocycles.